The second-order valence-electron chi connectivity index (χ2n) is 4.21. The lowest BCUT2D eigenvalue weighted by Crippen LogP contribution is -2.21. The molecule has 0 spiro atoms. The molecule has 6 heteroatoms. The highest BCUT2D eigenvalue weighted by atomic mass is 35.5. The Balaban J connectivity index is 2.72. The van der Waals surface area contributed by atoms with E-state index in [0.29, 0.717) is 12.8 Å². The van der Waals surface area contributed by atoms with Crippen molar-refractivity contribution in [2.75, 3.05) is 14.2 Å². The summed E-state index contributed by atoms with van der Waals surface area (Å²) in [6.07, 6.45) is 0.927. The number of benzene rings is 1. The second kappa shape index (κ2) is 4.24. The quantitative estimate of drug-likeness (QED) is 0.879. The van der Waals surface area contributed by atoms with Crippen LogP contribution in [0, 0.1) is 0 Å². The molecule has 0 bridgehead atoms. The van der Waals surface area contributed by atoms with Gasteiger partial charge in [-0.3, -0.25) is 4.79 Å². The molecule has 1 fully saturated rings. The van der Waals surface area contributed by atoms with E-state index in [4.69, 9.17) is 21.1 Å². The van der Waals surface area contributed by atoms with E-state index in [0.717, 1.165) is 0 Å². The Kier molecular flexibility index (Phi) is 3.02. The minimum atomic E-state index is -1.07. The summed E-state index contributed by atoms with van der Waals surface area (Å²) in [5, 5.41) is 19.1. The molecule has 1 saturated carbocycles. The van der Waals surface area contributed by atoms with E-state index in [-0.39, 0.29) is 27.8 Å². The molecule has 1 aromatic rings. The lowest BCUT2D eigenvalue weighted by atomic mass is 9.94. The molecule has 0 saturated heterocycles. The molecule has 5 nitrogen and oxygen atoms in total. The highest BCUT2D eigenvalue weighted by Gasteiger charge is 2.55. The second-order valence-corrected chi connectivity index (χ2v) is 4.59. The van der Waals surface area contributed by atoms with Crippen LogP contribution in [0.25, 0.3) is 0 Å². The van der Waals surface area contributed by atoms with Crippen LogP contribution in [0.5, 0.6) is 17.2 Å². The largest absolute Gasteiger partial charge is 0.506 e. The number of phenols is 1. The van der Waals surface area contributed by atoms with Crippen molar-refractivity contribution in [2.45, 2.75) is 18.3 Å². The molecule has 0 atom stereocenters. The number of rotatable bonds is 4. The number of aliphatic carboxylic acids is 1. The van der Waals surface area contributed by atoms with Gasteiger partial charge in [0.25, 0.3) is 0 Å². The van der Waals surface area contributed by atoms with Crippen LogP contribution in [0.2, 0.25) is 5.02 Å². The fraction of sp³-hybridized carbons (Fsp3) is 0.417. The van der Waals surface area contributed by atoms with E-state index in [1.807, 2.05) is 0 Å². The van der Waals surface area contributed by atoms with E-state index in [1.165, 1.54) is 20.3 Å². The molecule has 1 aliphatic carbocycles. The molecule has 0 unspecified atom stereocenters. The summed E-state index contributed by atoms with van der Waals surface area (Å²) in [5.41, 5.74) is -0.787. The molecule has 2 rings (SSSR count). The number of aromatic hydroxyl groups is 1. The van der Waals surface area contributed by atoms with Crippen LogP contribution in [0.1, 0.15) is 18.4 Å². The Morgan fingerprint density at radius 3 is 2.39 bits per heavy atom. The third kappa shape index (κ3) is 1.66. The van der Waals surface area contributed by atoms with Crippen molar-refractivity contribution in [2.24, 2.45) is 0 Å². The van der Waals surface area contributed by atoms with E-state index in [1.54, 1.807) is 0 Å². The standard InChI is InChI=1S/C12H13ClO5/c1-17-7-5-6(14)9(13)8(10(7)18-2)12(3-4-12)11(15)16/h5,14H,3-4H2,1-2H3,(H,15,16). The van der Waals surface area contributed by atoms with Gasteiger partial charge in [-0.05, 0) is 12.8 Å². The summed E-state index contributed by atoms with van der Waals surface area (Å²) in [7, 11) is 2.82. The van der Waals surface area contributed by atoms with Crippen LogP contribution >= 0.6 is 11.6 Å². The van der Waals surface area contributed by atoms with Crippen LogP contribution in [-0.4, -0.2) is 30.4 Å². The minimum absolute atomic E-state index is 0.00699. The van der Waals surface area contributed by atoms with Gasteiger partial charge in [-0.15, -0.1) is 0 Å². The van der Waals surface area contributed by atoms with Crippen LogP contribution < -0.4 is 9.47 Å². The molecule has 1 aromatic carbocycles. The number of carboxylic acid groups (broad SMARTS) is 1. The predicted molar refractivity (Wildman–Crippen MR) is 64.8 cm³/mol. The van der Waals surface area contributed by atoms with Crippen LogP contribution in [-0.2, 0) is 10.2 Å². The lowest BCUT2D eigenvalue weighted by Gasteiger charge is -2.19. The van der Waals surface area contributed by atoms with Crippen LogP contribution in [0.15, 0.2) is 6.07 Å². The van der Waals surface area contributed by atoms with E-state index in [9.17, 15) is 15.0 Å². The van der Waals surface area contributed by atoms with Gasteiger partial charge in [-0.2, -0.15) is 0 Å². The summed E-state index contributed by atoms with van der Waals surface area (Å²) in [6.45, 7) is 0. The summed E-state index contributed by atoms with van der Waals surface area (Å²) in [5.74, 6) is -0.658. The molecule has 1 aliphatic rings. The van der Waals surface area contributed by atoms with Crippen LogP contribution in [0.4, 0.5) is 0 Å². The van der Waals surface area contributed by atoms with Gasteiger partial charge in [0.1, 0.15) is 5.75 Å². The monoisotopic (exact) mass is 272 g/mol. The number of phenolic OH excluding ortho intramolecular Hbond substituents is 1. The van der Waals surface area contributed by atoms with Crippen molar-refractivity contribution in [1.82, 2.24) is 0 Å². The van der Waals surface area contributed by atoms with E-state index in [2.05, 4.69) is 0 Å². The molecule has 18 heavy (non-hydrogen) atoms. The normalized spacial score (nSPS) is 16.2. The zero-order valence-electron chi connectivity index (χ0n) is 9.99. The molecular weight excluding hydrogens is 260 g/mol. The van der Waals surface area contributed by atoms with Crippen LogP contribution in [0.3, 0.4) is 0 Å². The van der Waals surface area contributed by atoms with Gasteiger partial charge in [-0.25, -0.2) is 0 Å². The third-order valence-corrected chi connectivity index (χ3v) is 3.61. The third-order valence-electron chi connectivity index (χ3n) is 3.23. The van der Waals surface area contributed by atoms with Gasteiger partial charge < -0.3 is 19.7 Å². The van der Waals surface area contributed by atoms with Gasteiger partial charge in [0.05, 0.1) is 24.7 Å². The number of hydrogen-bond donors (Lipinski definition) is 2. The van der Waals surface area contributed by atoms with Crippen molar-refractivity contribution >= 4 is 17.6 Å². The molecular formula is C12H13ClO5. The SMILES string of the molecule is COc1cc(O)c(Cl)c(C2(C(=O)O)CC2)c1OC. The topological polar surface area (TPSA) is 76.0 Å². The van der Waals surface area contributed by atoms with Gasteiger partial charge in [0.15, 0.2) is 11.5 Å². The minimum Gasteiger partial charge on any atom is -0.506 e. The molecule has 0 amide bonds. The first-order chi connectivity index (χ1) is 8.47. The van der Waals surface area contributed by atoms with Crippen molar-refractivity contribution in [3.8, 4) is 17.2 Å². The van der Waals surface area contributed by atoms with Gasteiger partial charge in [0, 0.05) is 11.6 Å². The molecule has 98 valence electrons. The first-order valence-electron chi connectivity index (χ1n) is 5.35. The maximum Gasteiger partial charge on any atom is 0.314 e. The number of carboxylic acids is 1. The van der Waals surface area contributed by atoms with Crippen molar-refractivity contribution in [3.05, 3.63) is 16.7 Å². The van der Waals surface area contributed by atoms with E-state index < -0.39 is 11.4 Å². The number of ether oxygens (including phenoxy) is 2. The van der Waals surface area contributed by atoms with Gasteiger partial charge >= 0.3 is 5.97 Å². The van der Waals surface area contributed by atoms with Gasteiger partial charge in [0.2, 0.25) is 0 Å². The fourth-order valence-electron chi connectivity index (χ4n) is 2.08. The van der Waals surface area contributed by atoms with Crippen molar-refractivity contribution < 1.29 is 24.5 Å². The number of carbonyl (C=O) groups is 1. The predicted octanol–water partition coefficient (Wildman–Crippen LogP) is 2.18. The first kappa shape index (κ1) is 12.8. The fourth-order valence-corrected chi connectivity index (χ4v) is 2.40. The average Bonchev–Trinajstić information content (AvgIpc) is 3.12. The molecule has 0 aromatic heterocycles. The molecule has 0 aliphatic heterocycles. The summed E-state index contributed by atoms with van der Waals surface area (Å²) < 4.78 is 10.3. The maximum absolute atomic E-state index is 11.4. The molecule has 2 N–H and O–H groups in total. The highest BCUT2D eigenvalue weighted by Crippen LogP contribution is 2.57. The summed E-state index contributed by atoms with van der Waals surface area (Å²) in [6, 6.07) is 1.31. The van der Waals surface area contributed by atoms with Gasteiger partial charge in [-0.1, -0.05) is 11.6 Å². The Bertz CT molecular complexity index is 508. The lowest BCUT2D eigenvalue weighted by molar-refractivity contribution is -0.140. The Morgan fingerprint density at radius 2 is 2.00 bits per heavy atom. The number of hydrogen-bond acceptors (Lipinski definition) is 4. The maximum atomic E-state index is 11.4. The van der Waals surface area contributed by atoms with Crippen molar-refractivity contribution in [1.29, 1.82) is 0 Å². The Hall–Kier alpha value is -1.62. The molecule has 0 radical (unpaired) electrons. The first-order valence-corrected chi connectivity index (χ1v) is 5.73. The summed E-state index contributed by atoms with van der Waals surface area (Å²) >= 11 is 6.03. The molecule has 0 heterocycles. The zero-order chi connectivity index (χ0) is 13.5. The zero-order valence-corrected chi connectivity index (χ0v) is 10.7. The number of halogens is 1. The smallest absolute Gasteiger partial charge is 0.314 e. The highest BCUT2D eigenvalue weighted by molar-refractivity contribution is 6.33. The average molecular weight is 273 g/mol. The van der Waals surface area contributed by atoms with E-state index >= 15 is 0 Å². The number of methoxy groups -OCH3 is 2. The Labute approximate surface area is 109 Å². The van der Waals surface area contributed by atoms with Crippen molar-refractivity contribution in [3.63, 3.8) is 0 Å². The Morgan fingerprint density at radius 1 is 1.39 bits per heavy atom. The summed E-state index contributed by atoms with van der Waals surface area (Å²) in [4.78, 5) is 11.4.